The third-order valence-electron chi connectivity index (χ3n) is 3.94. The van der Waals surface area contributed by atoms with Crippen molar-refractivity contribution in [1.82, 2.24) is 4.90 Å². The highest BCUT2D eigenvalue weighted by atomic mass is 35.5. The van der Waals surface area contributed by atoms with Crippen LogP contribution in [0.2, 0.25) is 5.02 Å². The molecule has 4 heteroatoms. The molecule has 1 fully saturated rings. The maximum atomic E-state index is 7.42. The second kappa shape index (κ2) is 6.40. The maximum absolute atomic E-state index is 7.42. The lowest BCUT2D eigenvalue weighted by atomic mass is 9.95. The van der Waals surface area contributed by atoms with Crippen LogP contribution in [-0.4, -0.2) is 23.8 Å². The number of rotatable bonds is 4. The van der Waals surface area contributed by atoms with Crippen LogP contribution in [0, 0.1) is 11.3 Å². The van der Waals surface area contributed by atoms with Crippen LogP contribution in [0.1, 0.15) is 37.3 Å². The van der Waals surface area contributed by atoms with Crippen molar-refractivity contribution < 1.29 is 0 Å². The third kappa shape index (κ3) is 3.71. The largest absolute Gasteiger partial charge is 0.384 e. The monoisotopic (exact) mass is 279 g/mol. The molecule has 0 saturated carbocycles. The van der Waals surface area contributed by atoms with Crippen molar-refractivity contribution in [3.05, 3.63) is 34.3 Å². The Hall–Kier alpha value is -1.06. The molecule has 1 aliphatic heterocycles. The van der Waals surface area contributed by atoms with Gasteiger partial charge in [0, 0.05) is 23.7 Å². The van der Waals surface area contributed by atoms with Gasteiger partial charge in [0.2, 0.25) is 0 Å². The number of nitrogens with two attached hydrogens (primary N) is 1. The highest BCUT2D eigenvalue weighted by Crippen LogP contribution is 2.24. The summed E-state index contributed by atoms with van der Waals surface area (Å²) in [4.78, 5) is 2.48. The van der Waals surface area contributed by atoms with Crippen molar-refractivity contribution in [2.75, 3.05) is 13.1 Å². The molecule has 1 saturated heterocycles. The van der Waals surface area contributed by atoms with Gasteiger partial charge in [0.05, 0.1) is 0 Å². The molecule has 19 heavy (non-hydrogen) atoms. The van der Waals surface area contributed by atoms with Crippen molar-refractivity contribution in [2.45, 2.75) is 32.7 Å². The number of benzene rings is 1. The third-order valence-corrected chi connectivity index (χ3v) is 4.29. The fourth-order valence-electron chi connectivity index (χ4n) is 2.71. The number of hydrogen-bond acceptors (Lipinski definition) is 2. The Balaban J connectivity index is 2.04. The Bertz CT molecular complexity index is 459. The molecule has 0 spiro atoms. The standard InChI is InChI=1S/C15H22ClN3/c1-2-11-4-3-7-19(9-11)10-13-6-5-12(15(17)18)8-14(13)16/h5-6,8,11H,2-4,7,9-10H2,1H3,(H3,17,18). The number of nitrogens with zero attached hydrogens (tertiary/aromatic N) is 1. The van der Waals surface area contributed by atoms with Crippen LogP contribution in [0.4, 0.5) is 0 Å². The molecule has 3 nitrogen and oxygen atoms in total. The first-order valence-electron chi connectivity index (χ1n) is 6.95. The number of hydrogen-bond donors (Lipinski definition) is 2. The minimum absolute atomic E-state index is 0.0671. The molecule has 0 radical (unpaired) electrons. The first-order valence-corrected chi connectivity index (χ1v) is 7.33. The highest BCUT2D eigenvalue weighted by Gasteiger charge is 2.19. The number of nitrogen functional groups attached to an aromatic ring is 1. The van der Waals surface area contributed by atoms with Crippen molar-refractivity contribution in [2.24, 2.45) is 11.7 Å². The number of likely N-dealkylation sites (tertiary alicyclic amines) is 1. The van der Waals surface area contributed by atoms with Crippen molar-refractivity contribution in [3.63, 3.8) is 0 Å². The molecule has 1 aromatic carbocycles. The summed E-state index contributed by atoms with van der Waals surface area (Å²) in [5.41, 5.74) is 7.29. The molecule has 2 rings (SSSR count). The van der Waals surface area contributed by atoms with Gasteiger partial charge in [0.1, 0.15) is 5.84 Å². The summed E-state index contributed by atoms with van der Waals surface area (Å²) in [6, 6.07) is 5.67. The lowest BCUT2D eigenvalue weighted by Crippen LogP contribution is -2.34. The molecule has 1 aliphatic rings. The molecule has 0 aliphatic carbocycles. The Morgan fingerprint density at radius 3 is 2.95 bits per heavy atom. The molecule has 1 heterocycles. The van der Waals surface area contributed by atoms with Crippen LogP contribution in [0.5, 0.6) is 0 Å². The minimum Gasteiger partial charge on any atom is -0.384 e. The minimum atomic E-state index is 0.0671. The smallest absolute Gasteiger partial charge is 0.122 e. The highest BCUT2D eigenvalue weighted by molar-refractivity contribution is 6.31. The van der Waals surface area contributed by atoms with Gasteiger partial charge >= 0.3 is 0 Å². The first kappa shape index (κ1) is 14.4. The van der Waals surface area contributed by atoms with Gasteiger partial charge in [-0.3, -0.25) is 10.3 Å². The van der Waals surface area contributed by atoms with Crippen LogP contribution in [0.3, 0.4) is 0 Å². The van der Waals surface area contributed by atoms with Gasteiger partial charge in [-0.2, -0.15) is 0 Å². The summed E-state index contributed by atoms with van der Waals surface area (Å²) in [5.74, 6) is 0.890. The normalized spacial score (nSPS) is 20.4. The number of nitrogens with one attached hydrogen (secondary N) is 1. The van der Waals surface area contributed by atoms with Crippen LogP contribution in [-0.2, 0) is 6.54 Å². The molecule has 0 amide bonds. The van der Waals surface area contributed by atoms with E-state index in [1.807, 2.05) is 12.1 Å². The van der Waals surface area contributed by atoms with E-state index in [9.17, 15) is 0 Å². The summed E-state index contributed by atoms with van der Waals surface area (Å²) in [6.45, 7) is 5.49. The molecule has 1 unspecified atom stereocenters. The van der Waals surface area contributed by atoms with Crippen LogP contribution >= 0.6 is 11.6 Å². The van der Waals surface area contributed by atoms with Crippen molar-refractivity contribution >= 4 is 17.4 Å². The lowest BCUT2D eigenvalue weighted by molar-refractivity contribution is 0.165. The van der Waals surface area contributed by atoms with E-state index >= 15 is 0 Å². The maximum Gasteiger partial charge on any atom is 0.122 e. The molecule has 3 N–H and O–H groups in total. The van der Waals surface area contributed by atoms with E-state index in [-0.39, 0.29) is 5.84 Å². The van der Waals surface area contributed by atoms with E-state index in [1.54, 1.807) is 6.07 Å². The Morgan fingerprint density at radius 2 is 2.32 bits per heavy atom. The topological polar surface area (TPSA) is 53.1 Å². The van der Waals surface area contributed by atoms with Gasteiger partial charge < -0.3 is 5.73 Å². The number of piperidine rings is 1. The molecule has 0 bridgehead atoms. The Morgan fingerprint density at radius 1 is 1.53 bits per heavy atom. The molecule has 0 aromatic heterocycles. The Kier molecular flexibility index (Phi) is 4.83. The number of halogens is 1. The van der Waals surface area contributed by atoms with E-state index in [4.69, 9.17) is 22.7 Å². The van der Waals surface area contributed by atoms with Gasteiger partial charge in [0.25, 0.3) is 0 Å². The Labute approximate surface area is 120 Å². The van der Waals surface area contributed by atoms with Gasteiger partial charge in [0.15, 0.2) is 0 Å². The van der Waals surface area contributed by atoms with Crippen molar-refractivity contribution in [1.29, 1.82) is 5.41 Å². The van der Waals surface area contributed by atoms with Crippen LogP contribution in [0.15, 0.2) is 18.2 Å². The van der Waals surface area contributed by atoms with Gasteiger partial charge in [-0.05, 0) is 36.9 Å². The summed E-state index contributed by atoms with van der Waals surface area (Å²) >= 11 is 6.28. The molecular weight excluding hydrogens is 258 g/mol. The van der Waals surface area contributed by atoms with E-state index in [0.717, 1.165) is 24.6 Å². The van der Waals surface area contributed by atoms with Gasteiger partial charge in [-0.1, -0.05) is 37.1 Å². The van der Waals surface area contributed by atoms with E-state index in [1.165, 1.54) is 25.8 Å². The summed E-state index contributed by atoms with van der Waals surface area (Å²) < 4.78 is 0. The van der Waals surface area contributed by atoms with Crippen LogP contribution in [0.25, 0.3) is 0 Å². The zero-order valence-corrected chi connectivity index (χ0v) is 12.2. The summed E-state index contributed by atoms with van der Waals surface area (Å²) in [5, 5.41) is 8.13. The van der Waals surface area contributed by atoms with Gasteiger partial charge in [-0.25, -0.2) is 0 Å². The average molecular weight is 280 g/mol. The van der Waals surface area contributed by atoms with Crippen molar-refractivity contribution in [3.8, 4) is 0 Å². The fourth-order valence-corrected chi connectivity index (χ4v) is 2.95. The molecule has 1 atom stereocenters. The summed E-state index contributed by atoms with van der Waals surface area (Å²) in [6.07, 6.45) is 3.89. The fraction of sp³-hybridized carbons (Fsp3) is 0.533. The van der Waals surface area contributed by atoms with E-state index in [2.05, 4.69) is 11.8 Å². The molecule has 1 aromatic rings. The van der Waals surface area contributed by atoms with E-state index < -0.39 is 0 Å². The SMILES string of the molecule is CCC1CCCN(Cc2ccc(C(=N)N)cc2Cl)C1. The summed E-state index contributed by atoms with van der Waals surface area (Å²) in [7, 11) is 0. The zero-order chi connectivity index (χ0) is 13.8. The van der Waals surface area contributed by atoms with E-state index in [0.29, 0.717) is 10.6 Å². The number of amidine groups is 1. The quantitative estimate of drug-likeness (QED) is 0.657. The molecule has 104 valence electrons. The lowest BCUT2D eigenvalue weighted by Gasteiger charge is -2.32. The molecular formula is C15H22ClN3. The second-order valence-corrected chi connectivity index (χ2v) is 5.78. The zero-order valence-electron chi connectivity index (χ0n) is 11.5. The average Bonchev–Trinajstić information content (AvgIpc) is 2.41. The van der Waals surface area contributed by atoms with Gasteiger partial charge in [-0.15, -0.1) is 0 Å². The predicted octanol–water partition coefficient (Wildman–Crippen LogP) is 3.25. The second-order valence-electron chi connectivity index (χ2n) is 5.37. The predicted molar refractivity (Wildman–Crippen MR) is 80.8 cm³/mol. The first-order chi connectivity index (χ1) is 9.10. The van der Waals surface area contributed by atoms with Crippen LogP contribution < -0.4 is 5.73 Å².